The van der Waals surface area contributed by atoms with E-state index in [0.717, 1.165) is 27.8 Å². The van der Waals surface area contributed by atoms with Crippen molar-refractivity contribution in [1.82, 2.24) is 10.0 Å². The molecule has 180 valence electrons. The summed E-state index contributed by atoms with van der Waals surface area (Å²) in [6.07, 6.45) is 2.95. The van der Waals surface area contributed by atoms with Crippen LogP contribution in [0.15, 0.2) is 39.6 Å². The van der Waals surface area contributed by atoms with E-state index in [0.29, 0.717) is 35.3 Å². The maximum atomic E-state index is 12.6. The summed E-state index contributed by atoms with van der Waals surface area (Å²) in [6.45, 7) is 3.69. The first kappa shape index (κ1) is 24.8. The molecule has 3 aromatic rings. The summed E-state index contributed by atoms with van der Waals surface area (Å²) in [5.41, 5.74) is 7.62. The lowest BCUT2D eigenvalue weighted by Crippen LogP contribution is -2.23. The van der Waals surface area contributed by atoms with Crippen LogP contribution >= 0.6 is 0 Å². The molecule has 1 heterocycles. The molecule has 0 aliphatic carbocycles. The van der Waals surface area contributed by atoms with E-state index in [-0.39, 0.29) is 6.42 Å². The molecule has 2 aromatic carbocycles. The van der Waals surface area contributed by atoms with Crippen molar-refractivity contribution in [3.63, 3.8) is 0 Å². The van der Waals surface area contributed by atoms with E-state index in [9.17, 15) is 14.4 Å². The zero-order valence-corrected chi connectivity index (χ0v) is 19.9. The van der Waals surface area contributed by atoms with Crippen molar-refractivity contribution >= 4 is 28.5 Å². The maximum Gasteiger partial charge on any atom is 0.419 e. The lowest BCUT2D eigenvalue weighted by molar-refractivity contribution is -0.137. The number of hydrogen-bond donors (Lipinski definition) is 2. The van der Waals surface area contributed by atoms with Gasteiger partial charge in [-0.15, -0.1) is 0 Å². The highest BCUT2D eigenvalue weighted by Gasteiger charge is 2.19. The summed E-state index contributed by atoms with van der Waals surface area (Å²) in [5, 5.41) is 9.01. The molecule has 0 fully saturated rings. The van der Waals surface area contributed by atoms with Crippen LogP contribution in [0.5, 0.6) is 5.75 Å². The Hall–Kier alpha value is -3.85. The Bertz CT molecular complexity index is 1330. The Kier molecular flexibility index (Phi) is 7.57. The summed E-state index contributed by atoms with van der Waals surface area (Å²) < 4.78 is 12.2. The summed E-state index contributed by atoms with van der Waals surface area (Å²) in [4.78, 5) is 40.5. The minimum Gasteiger partial charge on any atom is -0.496 e. The predicted molar refractivity (Wildman–Crippen MR) is 127 cm³/mol. The molecular formula is C25H28N2O7. The lowest BCUT2D eigenvalue weighted by Gasteiger charge is -2.16. The number of hydrogen-bond acceptors (Lipinski definition) is 6. The van der Waals surface area contributed by atoms with Crippen LogP contribution in [0.3, 0.4) is 0 Å². The van der Waals surface area contributed by atoms with Gasteiger partial charge in [0.05, 0.1) is 25.3 Å². The van der Waals surface area contributed by atoms with Gasteiger partial charge in [-0.05, 0) is 78.8 Å². The van der Waals surface area contributed by atoms with E-state index in [1.165, 1.54) is 18.8 Å². The summed E-state index contributed by atoms with van der Waals surface area (Å²) >= 11 is 0. The number of hydroxylamine groups is 1. The van der Waals surface area contributed by atoms with Gasteiger partial charge in [-0.3, -0.25) is 19.0 Å². The van der Waals surface area contributed by atoms with Crippen molar-refractivity contribution in [2.45, 2.75) is 33.1 Å². The Balaban J connectivity index is 2.21. The SMILES string of the molecule is CONC(=O)c1cc(/C(=C/CCCC(=O)O)c2cc(C)c3oc(=O)n(C)c3c2)cc(C)c1OC. The molecule has 0 bridgehead atoms. The first-order valence-electron chi connectivity index (χ1n) is 10.7. The highest BCUT2D eigenvalue weighted by molar-refractivity contribution is 5.98. The molecule has 1 aromatic heterocycles. The van der Waals surface area contributed by atoms with Gasteiger partial charge in [0.1, 0.15) is 5.75 Å². The normalized spacial score (nSPS) is 11.6. The van der Waals surface area contributed by atoms with Crippen LogP contribution in [-0.2, 0) is 16.7 Å². The quantitative estimate of drug-likeness (QED) is 0.363. The lowest BCUT2D eigenvalue weighted by atomic mass is 9.91. The number of ether oxygens (including phenoxy) is 1. The second kappa shape index (κ2) is 10.4. The smallest absolute Gasteiger partial charge is 0.419 e. The van der Waals surface area contributed by atoms with Gasteiger partial charge in [-0.1, -0.05) is 6.08 Å². The summed E-state index contributed by atoms with van der Waals surface area (Å²) in [7, 11) is 4.48. The van der Waals surface area contributed by atoms with E-state index in [1.54, 1.807) is 13.1 Å². The van der Waals surface area contributed by atoms with Crippen molar-refractivity contribution in [2.75, 3.05) is 14.2 Å². The van der Waals surface area contributed by atoms with Crippen LogP contribution in [0, 0.1) is 13.8 Å². The van der Waals surface area contributed by atoms with Crippen molar-refractivity contribution in [3.05, 3.63) is 68.7 Å². The number of carboxylic acid groups (broad SMARTS) is 1. The molecule has 0 spiro atoms. The zero-order chi connectivity index (χ0) is 25.0. The molecular weight excluding hydrogens is 440 g/mol. The highest BCUT2D eigenvalue weighted by atomic mass is 16.6. The molecule has 0 atom stereocenters. The number of methoxy groups -OCH3 is 1. The topological polar surface area (TPSA) is 120 Å². The standard InChI is InChI=1S/C25H28N2O7/c1-14-10-16(12-19(22(14)32-4)24(30)26-33-5)18(8-6-7-9-21(28)29)17-11-15(2)23-20(13-17)27(3)25(31)34-23/h8,10-13H,6-7,9H2,1-5H3,(H,26,30)(H,28,29)/b18-8-. The minimum atomic E-state index is -0.862. The van der Waals surface area contributed by atoms with Gasteiger partial charge in [-0.2, -0.15) is 0 Å². The fourth-order valence-corrected chi connectivity index (χ4v) is 3.97. The van der Waals surface area contributed by atoms with Gasteiger partial charge in [0.2, 0.25) is 0 Å². The molecule has 2 N–H and O–H groups in total. The molecule has 9 nitrogen and oxygen atoms in total. The number of fused-ring (bicyclic) bond motifs is 1. The van der Waals surface area contributed by atoms with E-state index < -0.39 is 17.6 Å². The minimum absolute atomic E-state index is 0.0429. The molecule has 0 aliphatic rings. The fraction of sp³-hybridized carbons (Fsp3) is 0.320. The average molecular weight is 469 g/mol. The molecule has 9 heteroatoms. The third-order valence-corrected chi connectivity index (χ3v) is 5.56. The third-order valence-electron chi connectivity index (χ3n) is 5.56. The predicted octanol–water partition coefficient (Wildman–Crippen LogP) is 3.73. The van der Waals surface area contributed by atoms with E-state index in [1.807, 2.05) is 38.1 Å². The van der Waals surface area contributed by atoms with Crippen LogP contribution in [0.2, 0.25) is 0 Å². The molecule has 0 saturated heterocycles. The molecule has 0 unspecified atom stereocenters. The van der Waals surface area contributed by atoms with Crippen molar-refractivity contribution in [3.8, 4) is 5.75 Å². The number of benzene rings is 2. The number of aliphatic carboxylic acids is 1. The second-order valence-corrected chi connectivity index (χ2v) is 7.98. The number of aryl methyl sites for hydroxylation is 3. The number of amides is 1. The van der Waals surface area contributed by atoms with Crippen LogP contribution in [0.25, 0.3) is 16.7 Å². The Labute approximate surface area is 196 Å². The van der Waals surface area contributed by atoms with Crippen molar-refractivity contribution < 1.29 is 28.7 Å². The van der Waals surface area contributed by atoms with Crippen molar-refractivity contribution in [1.29, 1.82) is 0 Å². The van der Waals surface area contributed by atoms with Gasteiger partial charge in [0.15, 0.2) is 5.58 Å². The van der Waals surface area contributed by atoms with Gasteiger partial charge < -0.3 is 14.3 Å². The second-order valence-electron chi connectivity index (χ2n) is 7.98. The Morgan fingerprint density at radius 2 is 1.79 bits per heavy atom. The number of nitrogens with zero attached hydrogens (tertiary/aromatic N) is 1. The molecule has 34 heavy (non-hydrogen) atoms. The Morgan fingerprint density at radius 3 is 2.44 bits per heavy atom. The van der Waals surface area contributed by atoms with Gasteiger partial charge in [-0.25, -0.2) is 10.3 Å². The van der Waals surface area contributed by atoms with Crippen LogP contribution in [-0.4, -0.2) is 35.8 Å². The number of unbranched alkanes of at least 4 members (excludes halogenated alkanes) is 1. The monoisotopic (exact) mass is 468 g/mol. The number of rotatable bonds is 9. The molecule has 1 amide bonds. The summed E-state index contributed by atoms with van der Waals surface area (Å²) in [5.74, 6) is -1.36. The van der Waals surface area contributed by atoms with E-state index >= 15 is 0 Å². The number of aromatic nitrogens is 1. The van der Waals surface area contributed by atoms with Gasteiger partial charge in [0.25, 0.3) is 5.91 Å². The largest absolute Gasteiger partial charge is 0.496 e. The molecule has 0 radical (unpaired) electrons. The number of carbonyl (C=O) groups excluding carboxylic acids is 1. The van der Waals surface area contributed by atoms with Crippen molar-refractivity contribution in [2.24, 2.45) is 7.05 Å². The van der Waals surface area contributed by atoms with E-state index in [2.05, 4.69) is 5.48 Å². The molecule has 0 saturated carbocycles. The first-order valence-corrected chi connectivity index (χ1v) is 10.7. The fourth-order valence-electron chi connectivity index (χ4n) is 3.97. The van der Waals surface area contributed by atoms with E-state index in [4.69, 9.17) is 19.1 Å². The van der Waals surface area contributed by atoms with Gasteiger partial charge in [0, 0.05) is 13.5 Å². The van der Waals surface area contributed by atoms with Crippen LogP contribution in [0.1, 0.15) is 51.9 Å². The maximum absolute atomic E-state index is 12.6. The molecule has 0 aliphatic heterocycles. The number of carboxylic acids is 1. The first-order chi connectivity index (χ1) is 16.2. The van der Waals surface area contributed by atoms with Gasteiger partial charge >= 0.3 is 11.7 Å². The number of carbonyl (C=O) groups is 2. The number of allylic oxidation sites excluding steroid dienone is 1. The Morgan fingerprint density at radius 1 is 1.12 bits per heavy atom. The number of oxazole rings is 1. The number of nitrogens with one attached hydrogen (secondary N) is 1. The molecule has 3 rings (SSSR count). The van der Waals surface area contributed by atoms with Crippen LogP contribution in [0.4, 0.5) is 0 Å². The van der Waals surface area contributed by atoms with Crippen LogP contribution < -0.4 is 16.0 Å². The zero-order valence-electron chi connectivity index (χ0n) is 19.9. The highest BCUT2D eigenvalue weighted by Crippen LogP contribution is 2.34. The third kappa shape index (κ3) is 5.04. The average Bonchev–Trinajstić information content (AvgIpc) is 3.07. The summed E-state index contributed by atoms with van der Waals surface area (Å²) in [6, 6.07) is 7.37.